The average Bonchev–Trinajstić information content (AvgIpc) is 3.17. The van der Waals surface area contributed by atoms with Gasteiger partial charge in [0.25, 0.3) is 0 Å². The Balaban J connectivity index is 1.85. The van der Waals surface area contributed by atoms with E-state index in [1.807, 2.05) is 12.1 Å². The number of amides is 1. The Hall–Kier alpha value is -2.38. The van der Waals surface area contributed by atoms with Crippen molar-refractivity contribution in [3.63, 3.8) is 0 Å². The molecule has 0 saturated carbocycles. The molecule has 2 aromatic rings. The number of ether oxygens (including phenoxy) is 2. The van der Waals surface area contributed by atoms with Gasteiger partial charge in [-0.25, -0.2) is 8.42 Å². The number of carbonyl (C=O) groups excluding carboxylic acids is 1. The largest absolute Gasteiger partial charge is 0.497 e. The minimum atomic E-state index is -3.87. The molecule has 0 unspecified atom stereocenters. The van der Waals surface area contributed by atoms with E-state index in [9.17, 15) is 13.2 Å². The summed E-state index contributed by atoms with van der Waals surface area (Å²) in [7, 11) is -2.30. The lowest BCUT2D eigenvalue weighted by Gasteiger charge is -2.29. The quantitative estimate of drug-likeness (QED) is 0.787. The minimum absolute atomic E-state index is 0.159. The molecule has 0 N–H and O–H groups in total. The number of hydrogen-bond donors (Lipinski definition) is 0. The average molecular weight is 401 g/mol. The first-order valence-corrected chi connectivity index (χ1v) is 10.7. The molecule has 0 radical (unpaired) electrons. The molecule has 2 heterocycles. The van der Waals surface area contributed by atoms with E-state index in [0.717, 1.165) is 5.56 Å². The fourth-order valence-corrected chi connectivity index (χ4v) is 6.26. The molecule has 2 aromatic carbocycles. The van der Waals surface area contributed by atoms with Gasteiger partial charge in [-0.2, -0.15) is 0 Å². The second-order valence-corrected chi connectivity index (χ2v) is 9.68. The van der Waals surface area contributed by atoms with Crippen LogP contribution in [0.5, 0.6) is 5.75 Å². The van der Waals surface area contributed by atoms with Crippen LogP contribution in [0.3, 0.4) is 0 Å². The molecule has 0 aliphatic carbocycles. The first kappa shape index (κ1) is 19.0. The van der Waals surface area contributed by atoms with Gasteiger partial charge in [-0.05, 0) is 43.7 Å². The summed E-state index contributed by atoms with van der Waals surface area (Å²) in [5.74, 6) is -0.252. The molecule has 2 fully saturated rings. The molecule has 6 nitrogen and oxygen atoms in total. The number of sulfone groups is 1. The van der Waals surface area contributed by atoms with Crippen molar-refractivity contribution < 1.29 is 22.7 Å². The van der Waals surface area contributed by atoms with E-state index in [2.05, 4.69) is 0 Å². The molecule has 2 saturated heterocycles. The highest BCUT2D eigenvalue weighted by Crippen LogP contribution is 2.47. The van der Waals surface area contributed by atoms with Gasteiger partial charge in [0.2, 0.25) is 5.91 Å². The molecule has 4 rings (SSSR count). The number of methoxy groups -OCH3 is 1. The van der Waals surface area contributed by atoms with E-state index < -0.39 is 32.6 Å². The number of carbonyl (C=O) groups is 1. The van der Waals surface area contributed by atoms with Crippen LogP contribution in [0.1, 0.15) is 25.3 Å². The second-order valence-electron chi connectivity index (χ2n) is 7.61. The standard InChI is InChI=1S/C21H23NO5S/c1-21(2)22-17(13-27-21)18(14-9-11-15(26-3)12-10-14)19(20(22)23)28(24,25)16-7-5-4-6-8-16/h4-12,17-19H,13H2,1-3H3/t17-,18-,19+/m1/s1. The van der Waals surface area contributed by atoms with Gasteiger partial charge < -0.3 is 14.4 Å². The maximum Gasteiger partial charge on any atom is 0.244 e. The summed E-state index contributed by atoms with van der Waals surface area (Å²) in [4.78, 5) is 15.1. The third-order valence-electron chi connectivity index (χ3n) is 5.65. The molecule has 2 aliphatic heterocycles. The topological polar surface area (TPSA) is 72.9 Å². The van der Waals surface area contributed by atoms with Crippen LogP contribution in [0.15, 0.2) is 59.5 Å². The number of benzene rings is 2. The maximum absolute atomic E-state index is 13.5. The van der Waals surface area contributed by atoms with Crippen molar-refractivity contribution in [3.8, 4) is 5.75 Å². The van der Waals surface area contributed by atoms with Gasteiger partial charge in [0.15, 0.2) is 15.1 Å². The predicted molar refractivity (Wildman–Crippen MR) is 104 cm³/mol. The summed E-state index contributed by atoms with van der Waals surface area (Å²) in [5, 5.41) is -1.18. The zero-order valence-corrected chi connectivity index (χ0v) is 16.8. The number of fused-ring (bicyclic) bond motifs is 1. The first-order valence-electron chi connectivity index (χ1n) is 9.17. The lowest BCUT2D eigenvalue weighted by molar-refractivity contribution is -0.141. The fraction of sp³-hybridized carbons (Fsp3) is 0.381. The molecule has 0 spiro atoms. The summed E-state index contributed by atoms with van der Waals surface area (Å²) < 4.78 is 38.0. The molecule has 148 valence electrons. The number of hydrogen-bond acceptors (Lipinski definition) is 5. The van der Waals surface area contributed by atoms with E-state index in [4.69, 9.17) is 9.47 Å². The first-order chi connectivity index (χ1) is 13.3. The Labute approximate surface area is 165 Å². The molecular formula is C21H23NO5S. The molecule has 28 heavy (non-hydrogen) atoms. The number of nitrogens with zero attached hydrogens (tertiary/aromatic N) is 1. The molecule has 7 heteroatoms. The van der Waals surface area contributed by atoms with Gasteiger partial charge in [-0.15, -0.1) is 0 Å². The minimum Gasteiger partial charge on any atom is -0.497 e. The molecular weight excluding hydrogens is 378 g/mol. The van der Waals surface area contributed by atoms with Crippen molar-refractivity contribution in [1.82, 2.24) is 4.90 Å². The molecule has 2 aliphatic rings. The molecule has 0 bridgehead atoms. The highest BCUT2D eigenvalue weighted by Gasteiger charge is 2.61. The van der Waals surface area contributed by atoms with Crippen molar-refractivity contribution in [1.29, 1.82) is 0 Å². The Morgan fingerprint density at radius 1 is 1.07 bits per heavy atom. The van der Waals surface area contributed by atoms with Crippen molar-refractivity contribution >= 4 is 15.7 Å². The van der Waals surface area contributed by atoms with E-state index >= 15 is 0 Å². The highest BCUT2D eigenvalue weighted by molar-refractivity contribution is 7.92. The molecule has 0 aromatic heterocycles. The van der Waals surface area contributed by atoms with Crippen LogP contribution < -0.4 is 4.74 Å². The van der Waals surface area contributed by atoms with Crippen molar-refractivity contribution in [3.05, 3.63) is 60.2 Å². The van der Waals surface area contributed by atoms with Gasteiger partial charge in [-0.3, -0.25) is 4.79 Å². The van der Waals surface area contributed by atoms with E-state index in [1.165, 1.54) is 0 Å². The van der Waals surface area contributed by atoms with Gasteiger partial charge in [0.05, 0.1) is 24.7 Å². The SMILES string of the molecule is COc1ccc([C@@H]2[C@H]3COC(C)(C)N3C(=O)[C@H]2S(=O)(=O)c2ccccc2)cc1. The smallest absolute Gasteiger partial charge is 0.244 e. The summed E-state index contributed by atoms with van der Waals surface area (Å²) in [5.41, 5.74) is -0.0552. The number of rotatable bonds is 4. The normalized spacial score (nSPS) is 26.3. The van der Waals surface area contributed by atoms with Gasteiger partial charge in [0.1, 0.15) is 11.5 Å². The lowest BCUT2D eigenvalue weighted by atomic mass is 9.91. The second kappa shape index (κ2) is 6.60. The van der Waals surface area contributed by atoms with Crippen LogP contribution in [-0.2, 0) is 19.4 Å². The van der Waals surface area contributed by atoms with Crippen LogP contribution in [0.4, 0.5) is 0 Å². The summed E-state index contributed by atoms with van der Waals surface area (Å²) in [6.45, 7) is 3.90. The van der Waals surface area contributed by atoms with Crippen LogP contribution in [0, 0.1) is 0 Å². The van der Waals surface area contributed by atoms with Crippen molar-refractivity contribution in [2.24, 2.45) is 0 Å². The summed E-state index contributed by atoms with van der Waals surface area (Å²) in [6.07, 6.45) is 0. The van der Waals surface area contributed by atoms with E-state index in [1.54, 1.807) is 68.3 Å². The van der Waals surface area contributed by atoms with Crippen molar-refractivity contribution in [2.45, 2.75) is 41.7 Å². The Morgan fingerprint density at radius 2 is 1.71 bits per heavy atom. The van der Waals surface area contributed by atoms with Crippen molar-refractivity contribution in [2.75, 3.05) is 13.7 Å². The zero-order valence-electron chi connectivity index (χ0n) is 16.0. The van der Waals surface area contributed by atoms with E-state index in [-0.39, 0.29) is 10.9 Å². The Morgan fingerprint density at radius 3 is 2.32 bits per heavy atom. The van der Waals surface area contributed by atoms with E-state index in [0.29, 0.717) is 12.4 Å². The molecule has 3 atom stereocenters. The maximum atomic E-state index is 13.5. The van der Waals surface area contributed by atoms with Crippen LogP contribution >= 0.6 is 0 Å². The van der Waals surface area contributed by atoms with Crippen LogP contribution in [0.2, 0.25) is 0 Å². The highest BCUT2D eigenvalue weighted by atomic mass is 32.2. The van der Waals surface area contributed by atoms with Gasteiger partial charge in [-0.1, -0.05) is 30.3 Å². The molecule has 1 amide bonds. The summed E-state index contributed by atoms with van der Waals surface area (Å²) in [6, 6.07) is 15.1. The third kappa shape index (κ3) is 2.81. The Bertz CT molecular complexity index is 985. The van der Waals surface area contributed by atoms with Crippen LogP contribution in [0.25, 0.3) is 0 Å². The fourth-order valence-electron chi connectivity index (χ4n) is 4.32. The van der Waals surface area contributed by atoms with Crippen LogP contribution in [-0.4, -0.2) is 50.0 Å². The monoisotopic (exact) mass is 401 g/mol. The Kier molecular flexibility index (Phi) is 4.47. The van der Waals surface area contributed by atoms with Gasteiger partial charge in [0, 0.05) is 5.92 Å². The predicted octanol–water partition coefficient (Wildman–Crippen LogP) is 2.60. The van der Waals surface area contributed by atoms with Gasteiger partial charge >= 0.3 is 0 Å². The third-order valence-corrected chi connectivity index (χ3v) is 7.74. The zero-order chi connectivity index (χ0) is 20.1. The lowest BCUT2D eigenvalue weighted by Crippen LogP contribution is -2.46. The summed E-state index contributed by atoms with van der Waals surface area (Å²) >= 11 is 0.